The van der Waals surface area contributed by atoms with Crippen molar-refractivity contribution in [1.82, 2.24) is 5.32 Å². The van der Waals surface area contributed by atoms with Gasteiger partial charge in [0.2, 0.25) is 5.91 Å². The van der Waals surface area contributed by atoms with Gasteiger partial charge in [-0.05, 0) is 51.3 Å². The van der Waals surface area contributed by atoms with Gasteiger partial charge in [-0.1, -0.05) is 30.3 Å². The van der Waals surface area contributed by atoms with Gasteiger partial charge in [-0.3, -0.25) is 4.79 Å². The molecule has 1 aromatic carbocycles. The molecule has 0 saturated heterocycles. The Morgan fingerprint density at radius 3 is 2.62 bits per heavy atom. The van der Waals surface area contributed by atoms with Crippen molar-refractivity contribution >= 4 is 28.3 Å². The maximum Gasteiger partial charge on any atom is 0.249 e. The molecule has 2 N–H and O–H groups in total. The third-order valence-corrected chi connectivity index (χ3v) is 5.89. The second-order valence-corrected chi connectivity index (χ2v) is 8.79. The summed E-state index contributed by atoms with van der Waals surface area (Å²) in [6, 6.07) is 12.0. The van der Waals surface area contributed by atoms with Gasteiger partial charge in [0, 0.05) is 22.0 Å². The monoisotopic (exact) mass is 365 g/mol. The van der Waals surface area contributed by atoms with Crippen LogP contribution in [0.1, 0.15) is 49.3 Å². The average Bonchev–Trinajstić information content (AvgIpc) is 2.90. The molecule has 0 aliphatic carbocycles. The van der Waals surface area contributed by atoms with E-state index in [2.05, 4.69) is 44.4 Å². The summed E-state index contributed by atoms with van der Waals surface area (Å²) in [5, 5.41) is 16.8. The molecule has 3 rings (SSSR count). The van der Waals surface area contributed by atoms with Crippen LogP contribution >= 0.6 is 11.3 Å². The van der Waals surface area contributed by atoms with Crippen LogP contribution in [0.3, 0.4) is 0 Å². The van der Waals surface area contributed by atoms with Crippen molar-refractivity contribution in [2.45, 2.75) is 45.2 Å². The van der Waals surface area contributed by atoms with Gasteiger partial charge in [0.15, 0.2) is 0 Å². The van der Waals surface area contributed by atoms with Crippen molar-refractivity contribution in [3.05, 3.63) is 58.0 Å². The van der Waals surface area contributed by atoms with E-state index in [4.69, 9.17) is 0 Å². The minimum atomic E-state index is -0.240. The second-order valence-electron chi connectivity index (χ2n) is 7.77. The molecule has 0 radical (unpaired) electrons. The van der Waals surface area contributed by atoms with E-state index < -0.39 is 0 Å². The molecule has 0 fully saturated rings. The van der Waals surface area contributed by atoms with E-state index in [1.165, 1.54) is 17.4 Å². The molecule has 26 heavy (non-hydrogen) atoms. The lowest BCUT2D eigenvalue weighted by molar-refractivity contribution is -0.111. The number of rotatable bonds is 3. The Labute approximate surface area is 158 Å². The molecule has 1 amide bonds. The summed E-state index contributed by atoms with van der Waals surface area (Å²) < 4.78 is 0. The average molecular weight is 366 g/mol. The Morgan fingerprint density at radius 1 is 1.27 bits per heavy atom. The number of hydrogen-bond acceptors (Lipinski definition) is 4. The maximum atomic E-state index is 12.3. The largest absolute Gasteiger partial charge is 0.313 e. The summed E-state index contributed by atoms with van der Waals surface area (Å²) in [6.45, 7) is 8.51. The van der Waals surface area contributed by atoms with E-state index in [9.17, 15) is 10.1 Å². The molecule has 0 bridgehead atoms. The van der Waals surface area contributed by atoms with Crippen LogP contribution in [0, 0.1) is 11.3 Å². The molecule has 4 nitrogen and oxygen atoms in total. The van der Waals surface area contributed by atoms with Gasteiger partial charge in [0.25, 0.3) is 0 Å². The third-order valence-electron chi connectivity index (χ3n) is 4.42. The minimum absolute atomic E-state index is 0.0995. The van der Waals surface area contributed by atoms with Gasteiger partial charge in [-0.25, -0.2) is 0 Å². The van der Waals surface area contributed by atoms with Gasteiger partial charge >= 0.3 is 0 Å². The highest BCUT2D eigenvalue weighted by atomic mass is 32.1. The molecular formula is C21H23N3OS. The Morgan fingerprint density at radius 2 is 1.96 bits per heavy atom. The highest BCUT2D eigenvalue weighted by molar-refractivity contribution is 7.17. The zero-order valence-electron chi connectivity index (χ0n) is 15.5. The van der Waals surface area contributed by atoms with Gasteiger partial charge in [0.05, 0.1) is 5.56 Å². The van der Waals surface area contributed by atoms with Crippen LogP contribution < -0.4 is 10.6 Å². The third kappa shape index (κ3) is 3.72. The molecule has 0 saturated carbocycles. The summed E-state index contributed by atoms with van der Waals surface area (Å²) in [5.41, 5.74) is 2.26. The summed E-state index contributed by atoms with van der Waals surface area (Å²) in [6.07, 6.45) is 4.03. The van der Waals surface area contributed by atoms with Crippen LogP contribution in [0.5, 0.6) is 0 Å². The molecule has 134 valence electrons. The van der Waals surface area contributed by atoms with E-state index in [1.807, 2.05) is 30.3 Å². The predicted octanol–water partition coefficient (Wildman–Crippen LogP) is 4.43. The Kier molecular flexibility index (Phi) is 4.74. The summed E-state index contributed by atoms with van der Waals surface area (Å²) in [4.78, 5) is 13.5. The SMILES string of the molecule is CC1(C)Cc2c(sc(NC(=O)C=Cc3ccccc3)c2C#N)C(C)(C)N1. The van der Waals surface area contributed by atoms with Crippen molar-refractivity contribution in [3.63, 3.8) is 0 Å². The van der Waals surface area contributed by atoms with Crippen molar-refractivity contribution in [3.8, 4) is 6.07 Å². The quantitative estimate of drug-likeness (QED) is 0.791. The van der Waals surface area contributed by atoms with Gasteiger partial charge in [-0.15, -0.1) is 11.3 Å². The lowest BCUT2D eigenvalue weighted by Gasteiger charge is -2.42. The van der Waals surface area contributed by atoms with E-state index in [0.717, 1.165) is 22.4 Å². The summed E-state index contributed by atoms with van der Waals surface area (Å²) >= 11 is 1.49. The molecule has 2 aromatic rings. The Bertz CT molecular complexity index is 901. The van der Waals surface area contributed by atoms with Crippen LogP contribution in [0.15, 0.2) is 36.4 Å². The van der Waals surface area contributed by atoms with Crippen LogP contribution in [0.25, 0.3) is 6.08 Å². The summed E-state index contributed by atoms with van der Waals surface area (Å²) in [7, 11) is 0. The number of carbonyl (C=O) groups excluding carboxylic acids is 1. The van der Waals surface area contributed by atoms with Crippen molar-refractivity contribution in [2.24, 2.45) is 0 Å². The van der Waals surface area contributed by atoms with Gasteiger partial charge in [-0.2, -0.15) is 5.26 Å². The number of nitrogens with zero attached hydrogens (tertiary/aromatic N) is 1. The van der Waals surface area contributed by atoms with Gasteiger partial charge < -0.3 is 10.6 Å². The lowest BCUT2D eigenvalue weighted by Crippen LogP contribution is -2.54. The van der Waals surface area contributed by atoms with Crippen molar-refractivity contribution in [1.29, 1.82) is 5.26 Å². The standard InChI is InChI=1S/C21H23N3OS/c1-20(2)12-15-16(13-22)19(26-18(15)21(3,4)24-20)23-17(25)11-10-14-8-6-5-7-9-14/h5-11,24H,12H2,1-4H3,(H,23,25). The number of amides is 1. The zero-order valence-corrected chi connectivity index (χ0v) is 16.3. The van der Waals surface area contributed by atoms with Crippen molar-refractivity contribution in [2.75, 3.05) is 5.32 Å². The molecular weight excluding hydrogens is 342 g/mol. The molecule has 2 heterocycles. The van der Waals surface area contributed by atoms with Crippen LogP contribution in [0.4, 0.5) is 5.00 Å². The van der Waals surface area contributed by atoms with E-state index in [0.29, 0.717) is 10.6 Å². The number of hydrogen-bond donors (Lipinski definition) is 2. The fourth-order valence-corrected chi connectivity index (χ4v) is 4.85. The molecule has 5 heteroatoms. The van der Waals surface area contributed by atoms with Crippen molar-refractivity contribution < 1.29 is 4.79 Å². The number of fused-ring (bicyclic) bond motifs is 1. The molecule has 0 spiro atoms. The number of anilines is 1. The van der Waals surface area contributed by atoms with E-state index >= 15 is 0 Å². The maximum absolute atomic E-state index is 12.3. The van der Waals surface area contributed by atoms with Crippen LogP contribution in [-0.2, 0) is 16.8 Å². The van der Waals surface area contributed by atoms with Crippen LogP contribution in [-0.4, -0.2) is 11.4 Å². The lowest BCUT2D eigenvalue weighted by atomic mass is 9.81. The number of carbonyl (C=O) groups is 1. The highest BCUT2D eigenvalue weighted by Crippen LogP contribution is 2.44. The molecule has 1 aliphatic rings. The van der Waals surface area contributed by atoms with E-state index in [1.54, 1.807) is 6.08 Å². The Hall–Kier alpha value is -2.42. The Balaban J connectivity index is 1.88. The fraction of sp³-hybridized carbons (Fsp3) is 0.333. The van der Waals surface area contributed by atoms with Gasteiger partial charge in [0.1, 0.15) is 11.1 Å². The normalized spacial score (nSPS) is 17.5. The molecule has 0 unspecified atom stereocenters. The zero-order chi connectivity index (χ0) is 18.9. The topological polar surface area (TPSA) is 64.9 Å². The number of nitriles is 1. The first-order valence-corrected chi connectivity index (χ1v) is 9.43. The smallest absolute Gasteiger partial charge is 0.249 e. The molecule has 0 atom stereocenters. The van der Waals surface area contributed by atoms with E-state index in [-0.39, 0.29) is 17.0 Å². The number of thiophene rings is 1. The molecule has 1 aliphatic heterocycles. The fourth-order valence-electron chi connectivity index (χ4n) is 3.62. The minimum Gasteiger partial charge on any atom is -0.313 e. The second kappa shape index (κ2) is 6.71. The predicted molar refractivity (Wildman–Crippen MR) is 107 cm³/mol. The first-order chi connectivity index (χ1) is 12.2. The number of nitrogens with one attached hydrogen (secondary N) is 2. The highest BCUT2D eigenvalue weighted by Gasteiger charge is 2.40. The summed E-state index contributed by atoms with van der Waals surface area (Å²) in [5.74, 6) is -0.228. The van der Waals surface area contributed by atoms with Crippen LogP contribution in [0.2, 0.25) is 0 Å². The first kappa shape index (κ1) is 18.4. The molecule has 1 aromatic heterocycles. The number of benzene rings is 1. The first-order valence-electron chi connectivity index (χ1n) is 8.61.